The van der Waals surface area contributed by atoms with Crippen LogP contribution in [0.1, 0.15) is 5.56 Å². The molecular weight excluding hydrogens is 447 g/mol. The van der Waals surface area contributed by atoms with Gasteiger partial charge in [0.25, 0.3) is 10.0 Å². The van der Waals surface area contributed by atoms with Crippen LogP contribution in [0.15, 0.2) is 71.6 Å². The van der Waals surface area contributed by atoms with Crippen molar-refractivity contribution in [3.05, 3.63) is 83.1 Å². The minimum atomic E-state index is -4.07. The summed E-state index contributed by atoms with van der Waals surface area (Å²) < 4.78 is 41.0. The Balaban J connectivity index is 1.67. The smallest absolute Gasteiger partial charge is 0.261 e. The molecule has 0 heterocycles. The largest absolute Gasteiger partial charge is 0.504 e. The van der Waals surface area contributed by atoms with Gasteiger partial charge in [0.05, 0.1) is 15.6 Å². The van der Waals surface area contributed by atoms with Crippen molar-refractivity contribution in [2.45, 2.75) is 4.90 Å². The Morgan fingerprint density at radius 1 is 1.00 bits per heavy atom. The van der Waals surface area contributed by atoms with Crippen molar-refractivity contribution in [3.63, 3.8) is 0 Å². The van der Waals surface area contributed by atoms with Crippen LogP contribution in [0, 0.1) is 5.82 Å². The third kappa shape index (κ3) is 5.53. The van der Waals surface area contributed by atoms with Gasteiger partial charge in [-0.1, -0.05) is 23.7 Å². The molecule has 0 aliphatic carbocycles. The van der Waals surface area contributed by atoms with E-state index in [0.717, 1.165) is 0 Å². The molecule has 0 saturated heterocycles. The molecule has 160 valence electrons. The lowest BCUT2D eigenvalue weighted by molar-refractivity contribution is -0.111. The molecule has 0 atom stereocenters. The van der Waals surface area contributed by atoms with Crippen LogP contribution in [0.25, 0.3) is 6.08 Å². The van der Waals surface area contributed by atoms with Gasteiger partial charge in [0.15, 0.2) is 17.3 Å². The van der Waals surface area contributed by atoms with Gasteiger partial charge in [-0.15, -0.1) is 0 Å². The maximum Gasteiger partial charge on any atom is 0.261 e. The molecule has 10 heteroatoms. The molecular formula is C21H16ClFN2O5S. The summed E-state index contributed by atoms with van der Waals surface area (Å²) in [6.07, 6.45) is 2.64. The van der Waals surface area contributed by atoms with Gasteiger partial charge >= 0.3 is 0 Å². The molecule has 0 aliphatic rings. The Morgan fingerprint density at radius 3 is 2.39 bits per heavy atom. The Kier molecular flexibility index (Phi) is 6.47. The molecule has 0 radical (unpaired) electrons. The number of amides is 1. The minimum absolute atomic E-state index is 0.139. The first kappa shape index (κ1) is 22.1. The molecule has 3 rings (SSSR count). The summed E-state index contributed by atoms with van der Waals surface area (Å²) in [5.41, 5.74) is 0.539. The zero-order valence-electron chi connectivity index (χ0n) is 15.7. The van der Waals surface area contributed by atoms with Gasteiger partial charge in [0, 0.05) is 11.8 Å². The number of rotatable bonds is 6. The van der Waals surface area contributed by atoms with Crippen molar-refractivity contribution in [2.24, 2.45) is 0 Å². The highest BCUT2D eigenvalue weighted by atomic mass is 35.5. The van der Waals surface area contributed by atoms with Crippen LogP contribution in [-0.2, 0) is 14.8 Å². The third-order valence-corrected chi connectivity index (χ3v) is 5.73. The number of carbonyl (C=O) groups excluding carboxylic acids is 1. The summed E-state index contributed by atoms with van der Waals surface area (Å²) in [5, 5.41) is 21.1. The Hall–Kier alpha value is -3.56. The fourth-order valence-electron chi connectivity index (χ4n) is 2.50. The number of anilines is 2. The maximum atomic E-state index is 14.0. The first-order chi connectivity index (χ1) is 14.7. The molecule has 0 aromatic heterocycles. The van der Waals surface area contributed by atoms with E-state index >= 15 is 0 Å². The standard InChI is InChI=1S/C21H16ClFN2O5S/c22-16-2-1-3-17(21(16)23)25-31(29,30)15-8-6-14(7-9-15)24-20(28)11-5-13-4-10-18(26)19(27)12-13/h1-12,25-27H,(H,24,28)/b11-5+. The predicted octanol–water partition coefficient (Wildman–Crippen LogP) is 4.34. The summed E-state index contributed by atoms with van der Waals surface area (Å²) in [6, 6.07) is 13.3. The van der Waals surface area contributed by atoms with E-state index in [0.29, 0.717) is 11.3 Å². The van der Waals surface area contributed by atoms with E-state index in [1.165, 1.54) is 72.8 Å². The molecule has 0 saturated carbocycles. The van der Waals surface area contributed by atoms with Crippen molar-refractivity contribution in [1.82, 2.24) is 0 Å². The number of aromatic hydroxyl groups is 2. The second kappa shape index (κ2) is 9.07. The topological polar surface area (TPSA) is 116 Å². The summed E-state index contributed by atoms with van der Waals surface area (Å²) in [7, 11) is -4.07. The SMILES string of the molecule is O=C(/C=C/c1ccc(O)c(O)c1)Nc1ccc(S(=O)(=O)Nc2cccc(Cl)c2F)cc1. The first-order valence-corrected chi connectivity index (χ1v) is 10.6. The van der Waals surface area contributed by atoms with Crippen molar-refractivity contribution < 1.29 is 27.8 Å². The van der Waals surface area contributed by atoms with Crippen LogP contribution in [0.3, 0.4) is 0 Å². The van der Waals surface area contributed by atoms with Crippen molar-refractivity contribution in [1.29, 1.82) is 0 Å². The van der Waals surface area contributed by atoms with Crippen LogP contribution in [-0.4, -0.2) is 24.5 Å². The highest BCUT2D eigenvalue weighted by Crippen LogP contribution is 2.26. The second-order valence-electron chi connectivity index (χ2n) is 6.30. The molecule has 1 amide bonds. The van der Waals surface area contributed by atoms with E-state index in [-0.39, 0.29) is 27.1 Å². The summed E-state index contributed by atoms with van der Waals surface area (Å²) >= 11 is 5.66. The van der Waals surface area contributed by atoms with Crippen LogP contribution >= 0.6 is 11.6 Å². The fourth-order valence-corrected chi connectivity index (χ4v) is 3.74. The molecule has 7 nitrogen and oxygen atoms in total. The number of halogens is 2. The molecule has 0 spiro atoms. The average molecular weight is 463 g/mol. The highest BCUT2D eigenvalue weighted by Gasteiger charge is 2.17. The Bertz CT molecular complexity index is 1260. The molecule has 4 N–H and O–H groups in total. The fraction of sp³-hybridized carbons (Fsp3) is 0. The van der Waals surface area contributed by atoms with E-state index < -0.39 is 21.7 Å². The average Bonchev–Trinajstić information content (AvgIpc) is 2.72. The second-order valence-corrected chi connectivity index (χ2v) is 8.39. The zero-order chi connectivity index (χ0) is 22.6. The lowest BCUT2D eigenvalue weighted by Crippen LogP contribution is -2.14. The van der Waals surface area contributed by atoms with E-state index in [1.54, 1.807) is 0 Å². The number of phenolic OH excluding ortho intramolecular Hbond substituents is 2. The van der Waals surface area contributed by atoms with Crippen molar-refractivity contribution in [3.8, 4) is 11.5 Å². The summed E-state index contributed by atoms with van der Waals surface area (Å²) in [6.45, 7) is 0. The first-order valence-electron chi connectivity index (χ1n) is 8.73. The maximum absolute atomic E-state index is 14.0. The van der Waals surface area contributed by atoms with E-state index in [2.05, 4.69) is 10.0 Å². The van der Waals surface area contributed by atoms with Crippen LogP contribution < -0.4 is 10.0 Å². The van der Waals surface area contributed by atoms with Gasteiger partial charge in [-0.2, -0.15) is 0 Å². The number of phenols is 2. The zero-order valence-corrected chi connectivity index (χ0v) is 17.3. The molecule has 0 bridgehead atoms. The van der Waals surface area contributed by atoms with Gasteiger partial charge < -0.3 is 15.5 Å². The van der Waals surface area contributed by atoms with E-state index in [4.69, 9.17) is 11.6 Å². The molecule has 31 heavy (non-hydrogen) atoms. The molecule has 3 aromatic carbocycles. The minimum Gasteiger partial charge on any atom is -0.504 e. The van der Waals surface area contributed by atoms with Crippen LogP contribution in [0.2, 0.25) is 5.02 Å². The summed E-state index contributed by atoms with van der Waals surface area (Å²) in [5.74, 6) is -1.97. The molecule has 0 aliphatic heterocycles. The lowest BCUT2D eigenvalue weighted by Gasteiger charge is -2.10. The third-order valence-electron chi connectivity index (χ3n) is 4.05. The van der Waals surface area contributed by atoms with Gasteiger partial charge in [0.2, 0.25) is 5.91 Å². The Labute approximate surface area is 182 Å². The number of hydrogen-bond donors (Lipinski definition) is 4. The van der Waals surface area contributed by atoms with Crippen LogP contribution in [0.4, 0.5) is 15.8 Å². The quantitative estimate of drug-likeness (QED) is 0.321. The number of hydrogen-bond acceptors (Lipinski definition) is 5. The summed E-state index contributed by atoms with van der Waals surface area (Å²) in [4.78, 5) is 11.9. The number of carbonyl (C=O) groups is 1. The van der Waals surface area contributed by atoms with Gasteiger partial charge in [0.1, 0.15) is 0 Å². The number of nitrogens with one attached hydrogen (secondary N) is 2. The molecule has 0 fully saturated rings. The van der Waals surface area contributed by atoms with Crippen LogP contribution in [0.5, 0.6) is 11.5 Å². The lowest BCUT2D eigenvalue weighted by atomic mass is 10.2. The highest BCUT2D eigenvalue weighted by molar-refractivity contribution is 7.92. The van der Waals surface area contributed by atoms with Gasteiger partial charge in [-0.25, -0.2) is 12.8 Å². The number of sulfonamides is 1. The predicted molar refractivity (Wildman–Crippen MR) is 116 cm³/mol. The monoisotopic (exact) mass is 462 g/mol. The van der Waals surface area contributed by atoms with Gasteiger partial charge in [-0.3, -0.25) is 9.52 Å². The van der Waals surface area contributed by atoms with Gasteiger partial charge in [-0.05, 0) is 60.2 Å². The Morgan fingerprint density at radius 2 is 1.71 bits per heavy atom. The number of benzene rings is 3. The van der Waals surface area contributed by atoms with Crippen molar-refractivity contribution >= 4 is 45.0 Å². The van der Waals surface area contributed by atoms with E-state index in [1.807, 2.05) is 0 Å². The van der Waals surface area contributed by atoms with Crippen molar-refractivity contribution in [2.75, 3.05) is 10.0 Å². The van der Waals surface area contributed by atoms with E-state index in [9.17, 15) is 27.8 Å². The molecule has 0 unspecified atom stereocenters. The molecule has 3 aromatic rings. The normalized spacial score (nSPS) is 11.4.